The van der Waals surface area contributed by atoms with Crippen molar-refractivity contribution in [3.05, 3.63) is 95.6 Å². The molecular weight excluding hydrogens is 377 g/mol. The predicted molar refractivity (Wildman–Crippen MR) is 103 cm³/mol. The average Bonchev–Trinajstić information content (AvgIpc) is 2.74. The summed E-state index contributed by atoms with van der Waals surface area (Å²) in [5.41, 5.74) is 2.18. The number of anilines is 1. The molecule has 0 N–H and O–H groups in total. The Kier molecular flexibility index (Phi) is 6.42. The van der Waals surface area contributed by atoms with Crippen LogP contribution in [-0.2, 0) is 4.79 Å². The Bertz CT molecular complexity index is 1020. The van der Waals surface area contributed by atoms with Gasteiger partial charge in [-0.15, -0.1) is 0 Å². The van der Waals surface area contributed by atoms with Crippen LogP contribution in [0.4, 0.5) is 5.69 Å². The van der Waals surface area contributed by atoms with Crippen molar-refractivity contribution in [2.24, 2.45) is 0 Å². The van der Waals surface area contributed by atoms with Gasteiger partial charge in [0.1, 0.15) is 5.75 Å². The number of hydrogen-bond acceptors (Lipinski definition) is 4. The summed E-state index contributed by atoms with van der Waals surface area (Å²) in [5, 5.41) is 12.2. The van der Waals surface area contributed by atoms with E-state index in [0.29, 0.717) is 22.6 Å². The van der Waals surface area contributed by atoms with E-state index < -0.39 is 17.9 Å². The van der Waals surface area contributed by atoms with Crippen molar-refractivity contribution in [2.45, 2.75) is 12.0 Å². The third-order valence-electron chi connectivity index (χ3n) is 5.08. The van der Waals surface area contributed by atoms with Gasteiger partial charge in [0, 0.05) is 17.2 Å². The van der Waals surface area contributed by atoms with Crippen molar-refractivity contribution >= 4 is 17.6 Å². The number of fused-ring (bicyclic) bond motifs is 1. The molecule has 140 valence electrons. The standard InChI is InChI=1S/C23H19NO4.Na/c1-28-17-13-11-16(12-14-17)24-21(15-7-3-2-4-8-15)20(23(26)27)18-9-5-6-10-19(18)22(24)25;/h2-14,20-21H,1H3,(H,26,27);/q;+1/p-1/t20-,21-;/m0./s1. The van der Waals surface area contributed by atoms with Crippen molar-refractivity contribution in [3.63, 3.8) is 0 Å². The SMILES string of the molecule is COc1ccc(N2C(=O)c3ccccc3[C@H](C(=O)[O-])[C@@H]2c2ccccc2)cc1.[Na+]. The summed E-state index contributed by atoms with van der Waals surface area (Å²) >= 11 is 0. The molecule has 0 unspecified atom stereocenters. The fourth-order valence-corrected chi connectivity index (χ4v) is 3.81. The van der Waals surface area contributed by atoms with Crippen molar-refractivity contribution in [3.8, 4) is 5.75 Å². The van der Waals surface area contributed by atoms with Gasteiger partial charge in [-0.2, -0.15) is 0 Å². The number of carbonyl (C=O) groups excluding carboxylic acids is 2. The second-order valence-corrected chi connectivity index (χ2v) is 6.61. The number of nitrogens with zero attached hydrogens (tertiary/aromatic N) is 1. The van der Waals surface area contributed by atoms with E-state index in [1.54, 1.807) is 55.6 Å². The third kappa shape index (κ3) is 3.81. The second-order valence-electron chi connectivity index (χ2n) is 6.61. The summed E-state index contributed by atoms with van der Waals surface area (Å²) in [6.45, 7) is 0. The van der Waals surface area contributed by atoms with Crippen LogP contribution in [0.1, 0.15) is 33.4 Å². The zero-order valence-electron chi connectivity index (χ0n) is 16.2. The Morgan fingerprint density at radius 1 is 0.931 bits per heavy atom. The van der Waals surface area contributed by atoms with E-state index in [4.69, 9.17) is 4.74 Å². The van der Waals surface area contributed by atoms with Crippen LogP contribution in [0, 0.1) is 0 Å². The molecule has 0 bridgehead atoms. The summed E-state index contributed by atoms with van der Waals surface area (Å²) in [4.78, 5) is 27.2. The fraction of sp³-hybridized carbons (Fsp3) is 0.130. The molecule has 1 amide bonds. The molecule has 2 atom stereocenters. The number of hydrogen-bond donors (Lipinski definition) is 0. The molecule has 0 saturated heterocycles. The molecule has 0 saturated carbocycles. The first-order chi connectivity index (χ1) is 13.6. The summed E-state index contributed by atoms with van der Waals surface area (Å²) in [7, 11) is 1.57. The van der Waals surface area contributed by atoms with Gasteiger partial charge in [0.2, 0.25) is 0 Å². The largest absolute Gasteiger partial charge is 1.00 e. The number of rotatable bonds is 4. The fourth-order valence-electron chi connectivity index (χ4n) is 3.81. The van der Waals surface area contributed by atoms with Crippen molar-refractivity contribution in [2.75, 3.05) is 12.0 Å². The number of amides is 1. The van der Waals surface area contributed by atoms with E-state index >= 15 is 0 Å². The molecule has 0 fully saturated rings. The average molecular weight is 395 g/mol. The Balaban J connectivity index is 0.00000240. The predicted octanol–water partition coefficient (Wildman–Crippen LogP) is -0.0656. The maximum atomic E-state index is 13.4. The van der Waals surface area contributed by atoms with Crippen molar-refractivity contribution < 1.29 is 49.0 Å². The van der Waals surface area contributed by atoms with Crippen LogP contribution in [0.5, 0.6) is 5.75 Å². The number of methoxy groups -OCH3 is 1. The van der Waals surface area contributed by atoms with Crippen LogP contribution < -0.4 is 44.3 Å². The van der Waals surface area contributed by atoms with Gasteiger partial charge in [-0.3, -0.25) is 9.69 Å². The molecule has 0 aromatic heterocycles. The smallest absolute Gasteiger partial charge is 0.549 e. The van der Waals surface area contributed by atoms with Gasteiger partial charge in [-0.1, -0.05) is 48.5 Å². The molecule has 6 heteroatoms. The van der Waals surface area contributed by atoms with Crippen LogP contribution in [0.25, 0.3) is 0 Å². The summed E-state index contributed by atoms with van der Waals surface area (Å²) in [5.74, 6) is -1.79. The molecule has 4 rings (SSSR count). The Morgan fingerprint density at radius 2 is 1.55 bits per heavy atom. The monoisotopic (exact) mass is 395 g/mol. The van der Waals surface area contributed by atoms with Crippen molar-refractivity contribution in [1.29, 1.82) is 0 Å². The topological polar surface area (TPSA) is 69.7 Å². The van der Waals surface area contributed by atoms with Crippen LogP contribution in [0.2, 0.25) is 0 Å². The minimum atomic E-state index is -1.22. The van der Waals surface area contributed by atoms with Crippen LogP contribution >= 0.6 is 0 Å². The molecule has 5 nitrogen and oxygen atoms in total. The number of ether oxygens (including phenoxy) is 1. The summed E-state index contributed by atoms with van der Waals surface area (Å²) < 4.78 is 5.20. The molecule has 0 radical (unpaired) electrons. The molecule has 1 heterocycles. The normalized spacial score (nSPS) is 17.8. The second kappa shape index (κ2) is 8.82. The third-order valence-corrected chi connectivity index (χ3v) is 5.08. The number of carboxylic acid groups (broad SMARTS) is 1. The number of carbonyl (C=O) groups is 2. The first-order valence-corrected chi connectivity index (χ1v) is 8.94. The van der Waals surface area contributed by atoms with Gasteiger partial charge < -0.3 is 14.6 Å². The Morgan fingerprint density at radius 3 is 2.17 bits per heavy atom. The van der Waals surface area contributed by atoms with E-state index in [1.807, 2.05) is 30.3 Å². The molecule has 0 spiro atoms. The first kappa shape index (κ1) is 21.1. The molecule has 1 aliphatic rings. The van der Waals surface area contributed by atoms with Gasteiger partial charge in [-0.05, 0) is 41.5 Å². The summed E-state index contributed by atoms with van der Waals surface area (Å²) in [6, 6.07) is 22.3. The molecule has 3 aromatic carbocycles. The van der Waals surface area contributed by atoms with Gasteiger partial charge in [0.25, 0.3) is 5.91 Å². The minimum absolute atomic E-state index is 0. The van der Waals surface area contributed by atoms with E-state index in [-0.39, 0.29) is 35.5 Å². The van der Waals surface area contributed by atoms with Gasteiger partial charge in [0.15, 0.2) is 0 Å². The number of benzene rings is 3. The maximum absolute atomic E-state index is 13.4. The quantitative estimate of drug-likeness (QED) is 0.581. The van der Waals surface area contributed by atoms with Gasteiger partial charge in [0.05, 0.1) is 19.1 Å². The molecular formula is C23H18NNaO4. The molecule has 0 aliphatic carbocycles. The van der Waals surface area contributed by atoms with Crippen molar-refractivity contribution in [1.82, 2.24) is 0 Å². The Hall–Kier alpha value is -2.60. The van der Waals surface area contributed by atoms with E-state index in [0.717, 1.165) is 5.56 Å². The zero-order valence-corrected chi connectivity index (χ0v) is 18.2. The van der Waals surface area contributed by atoms with E-state index in [9.17, 15) is 14.7 Å². The molecule has 1 aliphatic heterocycles. The number of carboxylic acids is 1. The van der Waals surface area contributed by atoms with E-state index in [1.165, 1.54) is 4.90 Å². The van der Waals surface area contributed by atoms with Crippen LogP contribution in [-0.4, -0.2) is 19.0 Å². The first-order valence-electron chi connectivity index (χ1n) is 8.94. The van der Waals surface area contributed by atoms with Crippen LogP contribution in [0.3, 0.4) is 0 Å². The molecule has 29 heavy (non-hydrogen) atoms. The zero-order chi connectivity index (χ0) is 19.7. The number of aliphatic carboxylic acids is 1. The van der Waals surface area contributed by atoms with Crippen LogP contribution in [0.15, 0.2) is 78.9 Å². The van der Waals surface area contributed by atoms with Gasteiger partial charge >= 0.3 is 29.6 Å². The Labute approximate surface area is 191 Å². The maximum Gasteiger partial charge on any atom is 1.00 e. The minimum Gasteiger partial charge on any atom is -0.549 e. The summed E-state index contributed by atoms with van der Waals surface area (Å²) in [6.07, 6.45) is 0. The van der Waals surface area contributed by atoms with Gasteiger partial charge in [-0.25, -0.2) is 0 Å². The van der Waals surface area contributed by atoms with E-state index in [2.05, 4.69) is 0 Å². The molecule has 3 aromatic rings.